The first kappa shape index (κ1) is 47.0. The number of benzene rings is 2. The fourth-order valence-electron chi connectivity index (χ4n) is 17.4. The summed E-state index contributed by atoms with van der Waals surface area (Å²) in [6.45, 7) is 24.5. The molecule has 1 saturated heterocycles. The Morgan fingerprint density at radius 3 is 2.25 bits per heavy atom. The monoisotopic (exact) mass is 921 g/mol. The minimum atomic E-state index is -0.531. The largest absolute Gasteiger partial charge is 0.462 e. The first-order chi connectivity index (χ1) is 32.3. The number of rotatable bonds is 9. The number of nitriles is 1. The maximum absolute atomic E-state index is 15.7. The number of aromatic amines is 1. The normalized spacial score (nSPS) is 38.6. The van der Waals surface area contributed by atoms with Gasteiger partial charge in [0.1, 0.15) is 18.5 Å². The number of nitrogens with one attached hydrogen (secondary N) is 1. The van der Waals surface area contributed by atoms with Crippen molar-refractivity contribution in [2.45, 2.75) is 158 Å². The van der Waals surface area contributed by atoms with Crippen LogP contribution in [-0.4, -0.2) is 45.4 Å². The molecule has 2 aromatic carbocycles. The van der Waals surface area contributed by atoms with Gasteiger partial charge in [0.15, 0.2) is 0 Å². The van der Waals surface area contributed by atoms with Gasteiger partial charge in [0, 0.05) is 12.0 Å². The van der Waals surface area contributed by atoms with Crippen LogP contribution in [-0.2, 0) is 30.5 Å². The lowest BCUT2D eigenvalue weighted by atomic mass is 9.32. The van der Waals surface area contributed by atoms with Gasteiger partial charge >= 0.3 is 11.9 Å². The van der Waals surface area contributed by atoms with Gasteiger partial charge in [-0.1, -0.05) is 103 Å². The van der Waals surface area contributed by atoms with Crippen molar-refractivity contribution in [2.75, 3.05) is 6.54 Å². The molecule has 9 heteroatoms. The Bertz CT molecular complexity index is 2500. The van der Waals surface area contributed by atoms with Gasteiger partial charge < -0.3 is 19.4 Å². The predicted octanol–water partition coefficient (Wildman–Crippen LogP) is 12.6. The summed E-state index contributed by atoms with van der Waals surface area (Å²) in [7, 11) is 0. The molecule has 1 aromatic heterocycles. The van der Waals surface area contributed by atoms with Gasteiger partial charge in [-0.25, -0.2) is 4.98 Å². The van der Waals surface area contributed by atoms with E-state index >= 15 is 4.79 Å². The van der Waals surface area contributed by atoms with Crippen LogP contribution in [0.4, 0.5) is 0 Å². The second-order valence-electron chi connectivity index (χ2n) is 24.9. The van der Waals surface area contributed by atoms with Crippen LogP contribution < -0.4 is 0 Å². The molecule has 6 aliphatic carbocycles. The second-order valence-corrected chi connectivity index (χ2v) is 24.9. The lowest BCUT2D eigenvalue weighted by Crippen LogP contribution is -2.67. The van der Waals surface area contributed by atoms with E-state index < -0.39 is 10.8 Å². The maximum Gasteiger partial charge on any atom is 0.309 e. The van der Waals surface area contributed by atoms with E-state index in [-0.39, 0.29) is 70.1 Å². The topological polar surface area (TPSA) is 125 Å². The van der Waals surface area contributed by atoms with E-state index in [9.17, 15) is 14.9 Å². The molecule has 1 N–H and O–H groups in total. The number of carbonyl (C=O) groups is 3. The van der Waals surface area contributed by atoms with Crippen LogP contribution in [0.25, 0.3) is 11.3 Å². The smallest absolute Gasteiger partial charge is 0.309 e. The van der Waals surface area contributed by atoms with Crippen LogP contribution in [0.5, 0.6) is 0 Å². The highest BCUT2D eigenvalue weighted by molar-refractivity contribution is 5.85. The number of nitrogens with zero attached hydrogens (tertiary/aromatic N) is 3. The summed E-state index contributed by atoms with van der Waals surface area (Å²) in [6.07, 6.45) is 14.5. The van der Waals surface area contributed by atoms with Crippen molar-refractivity contribution in [1.29, 1.82) is 5.26 Å². The predicted molar refractivity (Wildman–Crippen MR) is 263 cm³/mol. The molecule has 68 heavy (non-hydrogen) atoms. The van der Waals surface area contributed by atoms with Crippen molar-refractivity contribution >= 4 is 17.8 Å². The minimum Gasteiger partial charge on any atom is -0.462 e. The van der Waals surface area contributed by atoms with E-state index in [4.69, 9.17) is 14.5 Å². The third kappa shape index (κ3) is 7.01. The number of esters is 2. The Hall–Kier alpha value is -4.71. The molecule has 0 radical (unpaired) electrons. The number of aromatic nitrogens is 2. The number of allylic oxidation sites excluding steroid dienone is 1. The number of hydrogen-bond donors (Lipinski definition) is 1. The van der Waals surface area contributed by atoms with Crippen LogP contribution in [0.1, 0.15) is 162 Å². The van der Waals surface area contributed by atoms with Crippen LogP contribution >= 0.6 is 0 Å². The molecular formula is C59H76N4O5. The SMILES string of the molecule is C=C(C)[C@@H]1CC[C@]2(C(=O)N3CCCC3c3ncc(-c4ccc(C#N)cc4)[nH]3)CC[C@]3(C)[C@H](CC[C@@H]4[C@@]5(C)CC[C@H](OC(=O)[C@H]6C[C@@H](C(=O)OCc7ccccc7)C6(C)C)C(C)(C)[C@@H]5CC[C@]43C)[C@@H]12. The molecule has 362 valence electrons. The zero-order valence-electron chi connectivity index (χ0n) is 42.2. The minimum absolute atomic E-state index is 0.0748. The highest BCUT2D eigenvalue weighted by atomic mass is 16.5. The highest BCUT2D eigenvalue weighted by Gasteiger charge is 2.73. The molecule has 6 saturated carbocycles. The van der Waals surface area contributed by atoms with E-state index in [0.29, 0.717) is 41.6 Å². The van der Waals surface area contributed by atoms with E-state index in [1.807, 2.05) is 74.6 Å². The van der Waals surface area contributed by atoms with E-state index in [2.05, 4.69) is 64.1 Å². The van der Waals surface area contributed by atoms with Crippen LogP contribution in [0, 0.1) is 85.2 Å². The van der Waals surface area contributed by atoms with Crippen molar-refractivity contribution in [3.05, 3.63) is 89.9 Å². The summed E-state index contributed by atoms with van der Waals surface area (Å²) in [6, 6.07) is 19.5. The number of hydrogen-bond acceptors (Lipinski definition) is 7. The lowest BCUT2D eigenvalue weighted by molar-refractivity contribution is -0.251. The van der Waals surface area contributed by atoms with Crippen molar-refractivity contribution in [3.63, 3.8) is 0 Å². The Morgan fingerprint density at radius 1 is 0.809 bits per heavy atom. The number of fused-ring (bicyclic) bond motifs is 7. The number of H-pyrrole nitrogens is 1. The van der Waals surface area contributed by atoms with Crippen LogP contribution in [0.2, 0.25) is 0 Å². The molecule has 10 rings (SSSR count). The molecule has 9 nitrogen and oxygen atoms in total. The lowest BCUT2D eigenvalue weighted by Gasteiger charge is -2.73. The van der Waals surface area contributed by atoms with E-state index in [0.717, 1.165) is 99.8 Å². The molecule has 1 unspecified atom stereocenters. The zero-order valence-corrected chi connectivity index (χ0v) is 42.2. The summed E-state index contributed by atoms with van der Waals surface area (Å²) < 4.78 is 12.4. The molecule has 3 aromatic rings. The maximum atomic E-state index is 15.7. The molecule has 13 atom stereocenters. The van der Waals surface area contributed by atoms with Crippen LogP contribution in [0.15, 0.2) is 72.9 Å². The molecule has 1 amide bonds. The van der Waals surface area contributed by atoms with E-state index in [1.54, 1.807) is 0 Å². The third-order valence-electron chi connectivity index (χ3n) is 21.5. The third-order valence-corrected chi connectivity index (χ3v) is 21.5. The zero-order chi connectivity index (χ0) is 48.2. The summed E-state index contributed by atoms with van der Waals surface area (Å²) >= 11 is 0. The molecule has 0 spiro atoms. The summed E-state index contributed by atoms with van der Waals surface area (Å²) in [5, 5.41) is 9.33. The van der Waals surface area contributed by atoms with Gasteiger partial charge in [0.25, 0.3) is 0 Å². The van der Waals surface area contributed by atoms with Gasteiger partial charge in [0.2, 0.25) is 5.91 Å². The fourth-order valence-corrected chi connectivity index (χ4v) is 17.4. The Balaban J connectivity index is 0.846. The quantitative estimate of drug-likeness (QED) is 0.167. The van der Waals surface area contributed by atoms with Gasteiger partial charge in [-0.3, -0.25) is 14.4 Å². The summed E-state index contributed by atoms with van der Waals surface area (Å²) in [5.74, 6) is 2.18. The molecule has 7 fully saturated rings. The Labute approximate surface area is 405 Å². The molecule has 0 bridgehead atoms. The number of carbonyl (C=O) groups excluding carboxylic acids is 3. The fraction of sp³-hybridized carbons (Fsp3) is 0.644. The first-order valence-corrected chi connectivity index (χ1v) is 26.2. The summed E-state index contributed by atoms with van der Waals surface area (Å²) in [5.41, 5.74) is 3.90. The number of amides is 1. The average Bonchev–Trinajstić information content (AvgIpc) is 4.09. The Morgan fingerprint density at radius 2 is 1.54 bits per heavy atom. The van der Waals surface area contributed by atoms with E-state index in [1.165, 1.54) is 12.0 Å². The summed E-state index contributed by atoms with van der Waals surface area (Å²) in [4.78, 5) is 53.7. The molecule has 2 heterocycles. The highest BCUT2D eigenvalue weighted by Crippen LogP contribution is 2.78. The molecular weight excluding hydrogens is 845 g/mol. The number of likely N-dealkylation sites (tertiary alicyclic amines) is 1. The van der Waals surface area contributed by atoms with Gasteiger partial charge in [-0.05, 0) is 165 Å². The number of imidazole rings is 1. The van der Waals surface area contributed by atoms with Crippen molar-refractivity contribution in [3.8, 4) is 17.3 Å². The van der Waals surface area contributed by atoms with Crippen molar-refractivity contribution < 1.29 is 23.9 Å². The Kier molecular flexibility index (Phi) is 11.6. The molecule has 7 aliphatic rings. The average molecular weight is 921 g/mol. The standard InChI is InChI=1S/C59H76N4O5/c1-36(2)40-23-28-59(53(66)63-31-13-16-45(63)50-61-34-44(62-50)39-19-17-37(33-60)18-20-39)30-29-57(8)41(49(40)59)21-22-47-56(7)26-25-48(55(5,6)46(56)24-27-58(47,57)9)68-52(65)43-32-42(54(43,3)4)51(64)67-35-38-14-11-10-12-15-38/h10-12,14-15,17-20,34,40-43,45-49H,1,13,16,21-32,35H2,2-9H3,(H,61,62)/t40-,41+,42-,43+,45?,46-,47+,48-,49+,56-,57+,58+,59-/m0/s1. The number of ether oxygens (including phenoxy) is 2. The molecule has 1 aliphatic heterocycles. The van der Waals surface area contributed by atoms with Crippen molar-refractivity contribution in [2.24, 2.45) is 73.9 Å². The van der Waals surface area contributed by atoms with Gasteiger partial charge in [-0.2, -0.15) is 5.26 Å². The van der Waals surface area contributed by atoms with Gasteiger partial charge in [0.05, 0.1) is 46.8 Å². The first-order valence-electron chi connectivity index (χ1n) is 26.2. The van der Waals surface area contributed by atoms with Crippen molar-refractivity contribution in [1.82, 2.24) is 14.9 Å². The van der Waals surface area contributed by atoms with Gasteiger partial charge in [-0.15, -0.1) is 0 Å². The van der Waals surface area contributed by atoms with Crippen LogP contribution in [0.3, 0.4) is 0 Å². The second kappa shape index (κ2) is 16.7.